The smallest absolute Gasteiger partial charge is 0.254 e. The SMILES string of the molecule is COc1cc(NC(=O)C2(N(CC3CCCN4CCCC[C@@H]34)C(=O)c3ccc(Cl)cc3)CCCC2)cc(OC)c1. The molecule has 210 valence electrons. The summed E-state index contributed by atoms with van der Waals surface area (Å²) in [7, 11) is 3.17. The highest BCUT2D eigenvalue weighted by Crippen LogP contribution is 2.41. The minimum absolute atomic E-state index is 0.0973. The molecule has 8 heteroatoms. The number of hydrogen-bond donors (Lipinski definition) is 1. The van der Waals surface area contributed by atoms with Gasteiger partial charge in [0.05, 0.1) is 14.2 Å². The number of halogens is 1. The second kappa shape index (κ2) is 12.2. The molecule has 1 unspecified atom stereocenters. The summed E-state index contributed by atoms with van der Waals surface area (Å²) in [5.74, 6) is 1.30. The summed E-state index contributed by atoms with van der Waals surface area (Å²) in [6.07, 6.45) is 8.93. The minimum Gasteiger partial charge on any atom is -0.497 e. The van der Waals surface area contributed by atoms with Crippen LogP contribution in [0.1, 0.15) is 68.1 Å². The lowest BCUT2D eigenvalue weighted by Gasteiger charge is -2.48. The zero-order valence-electron chi connectivity index (χ0n) is 23.1. The Balaban J connectivity index is 1.49. The van der Waals surface area contributed by atoms with Gasteiger partial charge in [0, 0.05) is 47.1 Å². The number of rotatable bonds is 8. The second-order valence-corrected chi connectivity index (χ2v) is 11.7. The van der Waals surface area contributed by atoms with Crippen LogP contribution in [0.15, 0.2) is 42.5 Å². The first-order chi connectivity index (χ1) is 18.9. The number of ether oxygens (including phenoxy) is 2. The molecule has 7 nitrogen and oxygen atoms in total. The van der Waals surface area contributed by atoms with Crippen LogP contribution in [0, 0.1) is 5.92 Å². The lowest BCUT2D eigenvalue weighted by Crippen LogP contribution is -2.61. The quantitative estimate of drug-likeness (QED) is 0.433. The van der Waals surface area contributed by atoms with Crippen molar-refractivity contribution in [2.75, 3.05) is 39.2 Å². The summed E-state index contributed by atoms with van der Waals surface area (Å²) in [6, 6.07) is 12.9. The molecule has 2 aliphatic heterocycles. The van der Waals surface area contributed by atoms with Crippen LogP contribution in [0.2, 0.25) is 5.02 Å². The van der Waals surface area contributed by atoms with Gasteiger partial charge in [-0.15, -0.1) is 0 Å². The molecular weight excluding hydrogens is 514 g/mol. The van der Waals surface area contributed by atoms with Crippen LogP contribution in [0.5, 0.6) is 11.5 Å². The summed E-state index contributed by atoms with van der Waals surface area (Å²) in [5.41, 5.74) is 0.236. The van der Waals surface area contributed by atoms with Gasteiger partial charge in [-0.3, -0.25) is 9.59 Å². The van der Waals surface area contributed by atoms with Gasteiger partial charge in [0.15, 0.2) is 0 Å². The van der Waals surface area contributed by atoms with E-state index in [9.17, 15) is 9.59 Å². The monoisotopic (exact) mass is 553 g/mol. The fourth-order valence-corrected chi connectivity index (χ4v) is 7.06. The Kier molecular flexibility index (Phi) is 8.67. The zero-order chi connectivity index (χ0) is 27.4. The highest BCUT2D eigenvalue weighted by Gasteiger charge is 2.50. The van der Waals surface area contributed by atoms with E-state index in [2.05, 4.69) is 10.2 Å². The molecule has 2 atom stereocenters. The summed E-state index contributed by atoms with van der Waals surface area (Å²) < 4.78 is 10.8. The van der Waals surface area contributed by atoms with E-state index >= 15 is 0 Å². The molecule has 0 spiro atoms. The van der Waals surface area contributed by atoms with E-state index in [1.807, 2.05) is 4.90 Å². The molecule has 0 radical (unpaired) electrons. The molecule has 3 aliphatic rings. The Morgan fingerprint density at radius 1 is 0.949 bits per heavy atom. The molecule has 0 bridgehead atoms. The van der Waals surface area contributed by atoms with Crippen molar-refractivity contribution in [3.8, 4) is 11.5 Å². The maximum Gasteiger partial charge on any atom is 0.254 e. The fourth-order valence-electron chi connectivity index (χ4n) is 6.93. The van der Waals surface area contributed by atoms with Crippen LogP contribution >= 0.6 is 11.6 Å². The number of methoxy groups -OCH3 is 2. The molecular formula is C31H40ClN3O4. The standard InChI is InChI=1S/C31H40ClN3O4/c1-38-26-18-25(19-27(20-26)39-2)33-30(37)31(14-4-5-15-31)35(29(36)22-10-12-24(32)13-11-22)21-23-8-7-17-34-16-6-3-9-28(23)34/h10-13,18-20,23,28H,3-9,14-17,21H2,1-2H3,(H,33,37)/t23?,28-/m0/s1. The molecule has 1 saturated carbocycles. The number of fused-ring (bicyclic) bond motifs is 1. The molecule has 2 saturated heterocycles. The Labute approximate surface area is 236 Å². The van der Waals surface area contributed by atoms with Crippen molar-refractivity contribution in [3.05, 3.63) is 53.1 Å². The van der Waals surface area contributed by atoms with Gasteiger partial charge in [0.1, 0.15) is 17.0 Å². The molecule has 0 aromatic heterocycles. The van der Waals surface area contributed by atoms with Gasteiger partial charge in [0.2, 0.25) is 5.91 Å². The van der Waals surface area contributed by atoms with Gasteiger partial charge >= 0.3 is 0 Å². The molecule has 3 fully saturated rings. The minimum atomic E-state index is -0.927. The maximum atomic E-state index is 14.3. The lowest BCUT2D eigenvalue weighted by atomic mass is 9.81. The zero-order valence-corrected chi connectivity index (χ0v) is 23.8. The molecule has 2 aromatic rings. The number of piperidine rings is 2. The first kappa shape index (κ1) is 27.8. The first-order valence-corrected chi connectivity index (χ1v) is 14.7. The first-order valence-electron chi connectivity index (χ1n) is 14.3. The van der Waals surface area contributed by atoms with Crippen molar-refractivity contribution in [3.63, 3.8) is 0 Å². The van der Waals surface area contributed by atoms with E-state index in [-0.39, 0.29) is 11.8 Å². The third kappa shape index (κ3) is 5.90. The topological polar surface area (TPSA) is 71.1 Å². The average molecular weight is 554 g/mol. The summed E-state index contributed by atoms with van der Waals surface area (Å²) in [6.45, 7) is 2.85. The number of carbonyl (C=O) groups is 2. The number of carbonyl (C=O) groups excluding carboxylic acids is 2. The van der Waals surface area contributed by atoms with Crippen LogP contribution in [-0.2, 0) is 4.79 Å². The van der Waals surface area contributed by atoms with Gasteiger partial charge in [-0.25, -0.2) is 0 Å². The number of anilines is 1. The van der Waals surface area contributed by atoms with Crippen molar-refractivity contribution in [1.29, 1.82) is 0 Å². The summed E-state index contributed by atoms with van der Waals surface area (Å²) in [4.78, 5) is 33.1. The predicted octanol–water partition coefficient (Wildman–Crippen LogP) is 6.02. The number of amides is 2. The van der Waals surface area contributed by atoms with Gasteiger partial charge in [0.25, 0.3) is 5.91 Å². The number of nitrogens with zero attached hydrogens (tertiary/aromatic N) is 2. The Bertz CT molecular complexity index is 1140. The van der Waals surface area contributed by atoms with Crippen LogP contribution in [0.25, 0.3) is 0 Å². The second-order valence-electron chi connectivity index (χ2n) is 11.2. The molecule has 5 rings (SSSR count). The number of benzene rings is 2. The molecule has 1 N–H and O–H groups in total. The van der Waals surface area contributed by atoms with Gasteiger partial charge in [-0.2, -0.15) is 0 Å². The third-order valence-corrected chi connectivity index (χ3v) is 9.21. The van der Waals surface area contributed by atoms with Crippen LogP contribution in [0.4, 0.5) is 5.69 Å². The van der Waals surface area contributed by atoms with E-state index in [0.29, 0.717) is 59.1 Å². The average Bonchev–Trinajstić information content (AvgIpc) is 3.47. The van der Waals surface area contributed by atoms with Crippen LogP contribution < -0.4 is 14.8 Å². The molecule has 2 heterocycles. The largest absolute Gasteiger partial charge is 0.497 e. The van der Waals surface area contributed by atoms with Crippen molar-refractivity contribution in [1.82, 2.24) is 9.80 Å². The Morgan fingerprint density at radius 2 is 1.62 bits per heavy atom. The van der Waals surface area contributed by atoms with Crippen molar-refractivity contribution in [2.24, 2.45) is 5.92 Å². The van der Waals surface area contributed by atoms with E-state index < -0.39 is 5.54 Å². The van der Waals surface area contributed by atoms with Crippen LogP contribution in [-0.4, -0.2) is 67.0 Å². The summed E-state index contributed by atoms with van der Waals surface area (Å²) in [5, 5.41) is 3.73. The third-order valence-electron chi connectivity index (χ3n) is 8.96. The molecule has 39 heavy (non-hydrogen) atoms. The number of hydrogen-bond acceptors (Lipinski definition) is 5. The van der Waals surface area contributed by atoms with Gasteiger partial charge < -0.3 is 24.6 Å². The number of nitrogens with one attached hydrogen (secondary N) is 1. The molecule has 1 aliphatic carbocycles. The fraction of sp³-hybridized carbons (Fsp3) is 0.548. The van der Waals surface area contributed by atoms with E-state index in [0.717, 1.165) is 45.2 Å². The summed E-state index contributed by atoms with van der Waals surface area (Å²) >= 11 is 6.16. The van der Waals surface area contributed by atoms with Gasteiger partial charge in [-0.05, 0) is 81.8 Å². The van der Waals surface area contributed by atoms with E-state index in [1.165, 1.54) is 12.8 Å². The van der Waals surface area contributed by atoms with Crippen molar-refractivity contribution >= 4 is 29.1 Å². The maximum absolute atomic E-state index is 14.3. The molecule has 2 aromatic carbocycles. The van der Waals surface area contributed by atoms with E-state index in [4.69, 9.17) is 21.1 Å². The van der Waals surface area contributed by atoms with Crippen LogP contribution in [0.3, 0.4) is 0 Å². The lowest BCUT2D eigenvalue weighted by molar-refractivity contribution is -0.127. The Morgan fingerprint density at radius 3 is 2.28 bits per heavy atom. The highest BCUT2D eigenvalue weighted by molar-refractivity contribution is 6.30. The van der Waals surface area contributed by atoms with Gasteiger partial charge in [-0.1, -0.05) is 30.9 Å². The molecule has 2 amide bonds. The van der Waals surface area contributed by atoms with Crippen molar-refractivity contribution in [2.45, 2.75) is 69.4 Å². The van der Waals surface area contributed by atoms with E-state index in [1.54, 1.807) is 56.7 Å². The highest BCUT2D eigenvalue weighted by atomic mass is 35.5. The normalized spacial score (nSPS) is 22.5. The van der Waals surface area contributed by atoms with Crippen molar-refractivity contribution < 1.29 is 19.1 Å². The predicted molar refractivity (Wildman–Crippen MR) is 154 cm³/mol. The Hall–Kier alpha value is -2.77.